The van der Waals surface area contributed by atoms with Gasteiger partial charge in [-0.25, -0.2) is 9.79 Å². The average Bonchev–Trinajstić information content (AvgIpc) is 2.61. The molecule has 0 bridgehead atoms. The highest BCUT2D eigenvalue weighted by atomic mass is 16.2. The van der Waals surface area contributed by atoms with Crippen molar-refractivity contribution < 1.29 is 4.11 Å². The van der Waals surface area contributed by atoms with E-state index < -0.39 is 18.2 Å². The molecule has 0 spiro atoms. The van der Waals surface area contributed by atoms with Gasteiger partial charge in [0, 0.05) is 30.8 Å². The number of hydrogen-bond donors (Lipinski definition) is 0. The summed E-state index contributed by atoms with van der Waals surface area (Å²) in [5.74, 6) is -0.0481. The SMILES string of the molecule is [2H]C([2H])([2H])n1c2c(c(=O)n(C)c1=O)CC=N2. The van der Waals surface area contributed by atoms with Crippen molar-refractivity contribution in [3.8, 4) is 0 Å². The minimum Gasteiger partial charge on any atom is -0.281 e. The molecule has 0 aromatic carbocycles. The minimum absolute atomic E-state index is 0.0481. The van der Waals surface area contributed by atoms with Crippen LogP contribution in [0.1, 0.15) is 9.68 Å². The summed E-state index contributed by atoms with van der Waals surface area (Å²) < 4.78 is 23.1. The molecule has 0 atom stereocenters. The summed E-state index contributed by atoms with van der Waals surface area (Å²) in [6, 6.07) is 0. The molecule has 5 heteroatoms. The first-order valence-corrected chi connectivity index (χ1v) is 3.72. The van der Waals surface area contributed by atoms with Gasteiger partial charge in [-0.3, -0.25) is 13.9 Å². The Morgan fingerprint density at radius 1 is 1.54 bits per heavy atom. The standard InChI is InChI=1S/C8H9N3O2/c1-10-6-5(3-4-9-6)7(12)11(2)8(10)13/h4H,3H2,1-2H3/i1D3. The van der Waals surface area contributed by atoms with E-state index in [1.54, 1.807) is 0 Å². The van der Waals surface area contributed by atoms with Gasteiger partial charge in [-0.1, -0.05) is 0 Å². The highest BCUT2D eigenvalue weighted by molar-refractivity contribution is 5.73. The van der Waals surface area contributed by atoms with Gasteiger partial charge in [0.1, 0.15) is 5.82 Å². The predicted octanol–water partition coefficient (Wildman–Crippen LogP) is -0.658. The van der Waals surface area contributed by atoms with Crippen molar-refractivity contribution in [3.05, 3.63) is 26.4 Å². The number of aromatic nitrogens is 2. The quantitative estimate of drug-likeness (QED) is 0.535. The molecule has 13 heavy (non-hydrogen) atoms. The molecule has 0 saturated carbocycles. The van der Waals surface area contributed by atoms with Gasteiger partial charge in [0.2, 0.25) is 0 Å². The molecule has 0 amide bonds. The third kappa shape index (κ3) is 0.898. The fraction of sp³-hybridized carbons (Fsp3) is 0.375. The molecule has 0 aliphatic carbocycles. The number of aliphatic imine (C=N–C) groups is 1. The second kappa shape index (κ2) is 2.42. The average molecular weight is 182 g/mol. The van der Waals surface area contributed by atoms with E-state index in [9.17, 15) is 9.59 Å². The highest BCUT2D eigenvalue weighted by Gasteiger charge is 2.16. The molecule has 0 fully saturated rings. The van der Waals surface area contributed by atoms with E-state index in [2.05, 4.69) is 4.99 Å². The number of fused-ring (bicyclic) bond motifs is 1. The van der Waals surface area contributed by atoms with Crippen LogP contribution in [0.15, 0.2) is 14.6 Å². The van der Waals surface area contributed by atoms with Crippen LogP contribution >= 0.6 is 0 Å². The van der Waals surface area contributed by atoms with E-state index in [0.717, 1.165) is 4.57 Å². The molecule has 68 valence electrons. The molecule has 5 nitrogen and oxygen atoms in total. The second-order valence-corrected chi connectivity index (χ2v) is 2.80. The lowest BCUT2D eigenvalue weighted by Crippen LogP contribution is -2.38. The first-order valence-electron chi connectivity index (χ1n) is 5.22. The van der Waals surface area contributed by atoms with Crippen LogP contribution in [0, 0.1) is 0 Å². The maximum absolute atomic E-state index is 11.7. The lowest BCUT2D eigenvalue weighted by molar-refractivity contribution is 0.682. The van der Waals surface area contributed by atoms with Gasteiger partial charge in [-0.2, -0.15) is 0 Å². The molecule has 2 rings (SSSR count). The third-order valence-electron chi connectivity index (χ3n) is 2.03. The Morgan fingerprint density at radius 2 is 2.31 bits per heavy atom. The smallest absolute Gasteiger partial charge is 0.281 e. The zero-order valence-electron chi connectivity index (χ0n) is 9.94. The summed E-state index contributed by atoms with van der Waals surface area (Å²) in [6.07, 6.45) is 1.69. The van der Waals surface area contributed by atoms with E-state index in [1.807, 2.05) is 0 Å². The Hall–Kier alpha value is -1.65. The molecule has 1 aromatic heterocycles. The first kappa shape index (κ1) is 5.16. The molecule has 0 N–H and O–H groups in total. The Morgan fingerprint density at radius 3 is 3.00 bits per heavy atom. The van der Waals surface area contributed by atoms with Crippen molar-refractivity contribution in [1.29, 1.82) is 0 Å². The molecule has 0 unspecified atom stereocenters. The highest BCUT2D eigenvalue weighted by Crippen LogP contribution is 2.16. The van der Waals surface area contributed by atoms with Gasteiger partial charge in [0.15, 0.2) is 0 Å². The Bertz CT molecular complexity index is 594. The monoisotopic (exact) mass is 182 g/mol. The van der Waals surface area contributed by atoms with Gasteiger partial charge in [0.05, 0.1) is 5.56 Å². The Labute approximate surface area is 78.2 Å². The molecule has 2 heterocycles. The molecular formula is C8H9N3O2. The van der Waals surface area contributed by atoms with Crippen molar-refractivity contribution in [2.75, 3.05) is 0 Å². The van der Waals surface area contributed by atoms with Crippen LogP contribution in [-0.2, 0) is 20.4 Å². The fourth-order valence-electron chi connectivity index (χ4n) is 1.30. The van der Waals surface area contributed by atoms with E-state index in [4.69, 9.17) is 4.11 Å². The zero-order valence-corrected chi connectivity index (χ0v) is 6.94. The van der Waals surface area contributed by atoms with Gasteiger partial charge >= 0.3 is 5.69 Å². The van der Waals surface area contributed by atoms with Crippen LogP contribution in [0.2, 0.25) is 0 Å². The van der Waals surface area contributed by atoms with Crippen molar-refractivity contribution in [1.82, 2.24) is 9.13 Å². The normalized spacial score (nSPS) is 17.8. The van der Waals surface area contributed by atoms with Crippen molar-refractivity contribution >= 4 is 12.0 Å². The van der Waals surface area contributed by atoms with Crippen molar-refractivity contribution in [3.63, 3.8) is 0 Å². The largest absolute Gasteiger partial charge is 0.332 e. The van der Waals surface area contributed by atoms with E-state index in [-0.39, 0.29) is 17.8 Å². The van der Waals surface area contributed by atoms with E-state index >= 15 is 0 Å². The van der Waals surface area contributed by atoms with Gasteiger partial charge in [-0.15, -0.1) is 0 Å². The van der Waals surface area contributed by atoms with Gasteiger partial charge in [0.25, 0.3) is 5.56 Å². The molecule has 1 aliphatic heterocycles. The summed E-state index contributed by atoms with van der Waals surface area (Å²) in [6.45, 7) is -2.63. The maximum atomic E-state index is 11.7. The summed E-state index contributed by atoms with van der Waals surface area (Å²) >= 11 is 0. The number of hydrogen-bond acceptors (Lipinski definition) is 3. The third-order valence-corrected chi connectivity index (χ3v) is 2.03. The summed E-state index contributed by atoms with van der Waals surface area (Å²) in [5.41, 5.74) is -1.11. The summed E-state index contributed by atoms with van der Waals surface area (Å²) in [4.78, 5) is 27.1. The van der Waals surface area contributed by atoms with Crippen LogP contribution in [0.25, 0.3) is 0 Å². The zero-order chi connectivity index (χ0) is 12.1. The van der Waals surface area contributed by atoms with Crippen LogP contribution in [-0.4, -0.2) is 15.3 Å². The number of nitrogens with zero attached hydrogens (tertiary/aromatic N) is 3. The maximum Gasteiger partial charge on any atom is 0.332 e. The molecule has 1 aliphatic rings. The first-order chi connectivity index (χ1) is 7.34. The topological polar surface area (TPSA) is 56.4 Å². The lowest BCUT2D eigenvalue weighted by Gasteiger charge is -2.05. The van der Waals surface area contributed by atoms with E-state index in [1.165, 1.54) is 13.3 Å². The fourth-order valence-corrected chi connectivity index (χ4v) is 1.30. The van der Waals surface area contributed by atoms with E-state index in [0.29, 0.717) is 4.57 Å². The molecule has 0 saturated heterocycles. The van der Waals surface area contributed by atoms with Gasteiger partial charge < -0.3 is 0 Å². The Balaban J connectivity index is 2.95. The molecular weight excluding hydrogens is 170 g/mol. The minimum atomic E-state index is -2.63. The number of rotatable bonds is 0. The van der Waals surface area contributed by atoms with Crippen LogP contribution in [0.4, 0.5) is 5.82 Å². The van der Waals surface area contributed by atoms with Gasteiger partial charge in [-0.05, 0) is 0 Å². The van der Waals surface area contributed by atoms with Crippen LogP contribution in [0.3, 0.4) is 0 Å². The predicted molar refractivity (Wildman–Crippen MR) is 48.8 cm³/mol. The van der Waals surface area contributed by atoms with Crippen LogP contribution in [0.5, 0.6) is 0 Å². The second-order valence-electron chi connectivity index (χ2n) is 2.80. The van der Waals surface area contributed by atoms with Crippen molar-refractivity contribution in [2.24, 2.45) is 19.0 Å². The Kier molecular flexibility index (Phi) is 0.959. The van der Waals surface area contributed by atoms with Crippen LogP contribution < -0.4 is 11.2 Å². The molecule has 1 aromatic rings. The van der Waals surface area contributed by atoms with Crippen molar-refractivity contribution in [2.45, 2.75) is 6.42 Å². The summed E-state index contributed by atoms with van der Waals surface area (Å²) in [5, 5.41) is 0. The lowest BCUT2D eigenvalue weighted by atomic mass is 10.2. The molecule has 0 radical (unpaired) electrons. The summed E-state index contributed by atoms with van der Waals surface area (Å²) in [7, 11) is 1.26.